The molecule has 6 heteroatoms. The molecule has 1 aliphatic rings. The van der Waals surface area contributed by atoms with E-state index in [9.17, 15) is 0 Å². The quantitative estimate of drug-likeness (QED) is 0.350. The summed E-state index contributed by atoms with van der Waals surface area (Å²) in [6.07, 6.45) is 2.65. The summed E-state index contributed by atoms with van der Waals surface area (Å²) in [6.45, 7) is 12.8. The molecule has 0 amide bonds. The van der Waals surface area contributed by atoms with Crippen LogP contribution in [-0.2, 0) is 0 Å². The molecular formula is C21H37IN4O. The Labute approximate surface area is 182 Å². The largest absolute Gasteiger partial charge is 0.489 e. The van der Waals surface area contributed by atoms with Gasteiger partial charge in [0.05, 0.1) is 6.54 Å². The molecule has 0 aliphatic carbocycles. The van der Waals surface area contributed by atoms with Crippen molar-refractivity contribution in [3.63, 3.8) is 0 Å². The van der Waals surface area contributed by atoms with Crippen LogP contribution in [0.3, 0.4) is 0 Å². The zero-order valence-corrected chi connectivity index (χ0v) is 19.8. The van der Waals surface area contributed by atoms with Crippen molar-refractivity contribution in [3.8, 4) is 5.75 Å². The van der Waals surface area contributed by atoms with Gasteiger partial charge in [-0.15, -0.1) is 24.0 Å². The van der Waals surface area contributed by atoms with E-state index in [4.69, 9.17) is 4.74 Å². The van der Waals surface area contributed by atoms with Gasteiger partial charge in [-0.1, -0.05) is 18.2 Å². The zero-order chi connectivity index (χ0) is 18.9. The van der Waals surface area contributed by atoms with E-state index in [2.05, 4.69) is 54.3 Å². The highest BCUT2D eigenvalue weighted by Crippen LogP contribution is 2.18. The van der Waals surface area contributed by atoms with Gasteiger partial charge >= 0.3 is 0 Å². The van der Waals surface area contributed by atoms with Crippen LogP contribution in [0.2, 0.25) is 0 Å². The van der Waals surface area contributed by atoms with Gasteiger partial charge in [0, 0.05) is 26.2 Å². The van der Waals surface area contributed by atoms with Crippen molar-refractivity contribution in [2.24, 2.45) is 10.9 Å². The number of halogens is 1. The van der Waals surface area contributed by atoms with Crippen LogP contribution in [0.15, 0.2) is 29.3 Å². The van der Waals surface area contributed by atoms with Crippen molar-refractivity contribution < 1.29 is 4.74 Å². The summed E-state index contributed by atoms with van der Waals surface area (Å²) >= 11 is 0. The van der Waals surface area contributed by atoms with Crippen LogP contribution < -0.4 is 15.4 Å². The third-order valence-electron chi connectivity index (χ3n) is 5.04. The third kappa shape index (κ3) is 8.25. The number of guanidine groups is 1. The number of nitrogens with one attached hydrogen (secondary N) is 2. The number of benzene rings is 1. The zero-order valence-electron chi connectivity index (χ0n) is 17.5. The fourth-order valence-corrected chi connectivity index (χ4v) is 3.38. The van der Waals surface area contributed by atoms with Crippen LogP contribution in [0.25, 0.3) is 0 Å². The molecule has 1 aromatic carbocycles. The van der Waals surface area contributed by atoms with Crippen LogP contribution in [-0.4, -0.2) is 56.2 Å². The van der Waals surface area contributed by atoms with Crippen molar-refractivity contribution >= 4 is 29.9 Å². The molecule has 27 heavy (non-hydrogen) atoms. The van der Waals surface area contributed by atoms with Crippen LogP contribution in [0.5, 0.6) is 5.75 Å². The summed E-state index contributed by atoms with van der Waals surface area (Å²) < 4.78 is 6.02. The molecule has 1 saturated heterocycles. The summed E-state index contributed by atoms with van der Waals surface area (Å²) in [4.78, 5) is 6.92. The van der Waals surface area contributed by atoms with Gasteiger partial charge in [-0.3, -0.25) is 4.99 Å². The molecule has 2 unspecified atom stereocenters. The van der Waals surface area contributed by atoms with Crippen molar-refractivity contribution in [1.29, 1.82) is 0 Å². The fourth-order valence-electron chi connectivity index (χ4n) is 3.38. The topological polar surface area (TPSA) is 48.9 Å². The Kier molecular flexibility index (Phi) is 11.1. The summed E-state index contributed by atoms with van der Waals surface area (Å²) in [7, 11) is 1.82. The van der Waals surface area contributed by atoms with Gasteiger partial charge < -0.3 is 20.3 Å². The van der Waals surface area contributed by atoms with Crippen LogP contribution >= 0.6 is 24.0 Å². The molecule has 0 spiro atoms. The molecule has 0 saturated carbocycles. The SMILES string of the molecule is CN=C(NCC1CCCN(C(C)C)C1)NCC(C)Oc1ccccc1C.I. The number of hydrogen-bond donors (Lipinski definition) is 2. The Hall–Kier alpha value is -1.02. The molecule has 1 aromatic rings. The number of para-hydroxylation sites is 1. The molecule has 0 aromatic heterocycles. The Morgan fingerprint density at radius 2 is 2.00 bits per heavy atom. The lowest BCUT2D eigenvalue weighted by Crippen LogP contribution is -2.47. The summed E-state index contributed by atoms with van der Waals surface area (Å²) in [5, 5.41) is 6.87. The maximum Gasteiger partial charge on any atom is 0.191 e. The van der Waals surface area contributed by atoms with E-state index in [1.54, 1.807) is 0 Å². The average molecular weight is 488 g/mol. The predicted molar refractivity (Wildman–Crippen MR) is 125 cm³/mol. The Balaban J connectivity index is 0.00000364. The van der Waals surface area contributed by atoms with E-state index in [1.165, 1.54) is 25.9 Å². The molecule has 2 rings (SSSR count). The Morgan fingerprint density at radius 3 is 2.67 bits per heavy atom. The Bertz CT molecular complexity index is 579. The van der Waals surface area contributed by atoms with Crippen molar-refractivity contribution in [3.05, 3.63) is 29.8 Å². The molecule has 1 heterocycles. The molecule has 5 nitrogen and oxygen atoms in total. The van der Waals surface area contributed by atoms with Gasteiger partial charge in [-0.05, 0) is 64.6 Å². The monoisotopic (exact) mass is 488 g/mol. The second-order valence-electron chi connectivity index (χ2n) is 7.62. The summed E-state index contributed by atoms with van der Waals surface area (Å²) in [6, 6.07) is 8.76. The number of likely N-dealkylation sites (tertiary alicyclic amines) is 1. The van der Waals surface area contributed by atoms with E-state index >= 15 is 0 Å². The number of hydrogen-bond acceptors (Lipinski definition) is 3. The molecule has 154 valence electrons. The minimum absolute atomic E-state index is 0. The second kappa shape index (κ2) is 12.4. The summed E-state index contributed by atoms with van der Waals surface area (Å²) in [5.74, 6) is 2.48. The first-order valence-electron chi connectivity index (χ1n) is 9.90. The molecule has 2 atom stereocenters. The first kappa shape index (κ1) is 24.0. The predicted octanol–water partition coefficient (Wildman–Crippen LogP) is 3.67. The van der Waals surface area contributed by atoms with Gasteiger partial charge in [0.15, 0.2) is 5.96 Å². The number of aliphatic imine (C=N–C) groups is 1. The van der Waals surface area contributed by atoms with Gasteiger partial charge in [-0.25, -0.2) is 0 Å². The molecule has 2 N–H and O–H groups in total. The van der Waals surface area contributed by atoms with Crippen molar-refractivity contribution in [1.82, 2.24) is 15.5 Å². The van der Waals surface area contributed by atoms with Crippen LogP contribution in [0.4, 0.5) is 0 Å². The third-order valence-corrected chi connectivity index (χ3v) is 5.04. The van der Waals surface area contributed by atoms with Gasteiger partial charge in [0.1, 0.15) is 11.9 Å². The lowest BCUT2D eigenvalue weighted by atomic mass is 9.97. The highest BCUT2D eigenvalue weighted by atomic mass is 127. The van der Waals surface area contributed by atoms with E-state index < -0.39 is 0 Å². The van der Waals surface area contributed by atoms with E-state index in [1.807, 2.05) is 25.2 Å². The van der Waals surface area contributed by atoms with E-state index in [-0.39, 0.29) is 30.1 Å². The standard InChI is InChI=1S/C21H36N4O.HI/c1-16(2)25-12-8-10-19(15-25)14-24-21(22-5)23-13-18(4)26-20-11-7-6-9-17(20)3;/h6-7,9,11,16,18-19H,8,10,12-15H2,1-5H3,(H2,22,23,24);1H. The van der Waals surface area contributed by atoms with Gasteiger partial charge in [-0.2, -0.15) is 0 Å². The Morgan fingerprint density at radius 1 is 1.26 bits per heavy atom. The number of rotatable bonds is 7. The van der Waals surface area contributed by atoms with E-state index in [0.29, 0.717) is 12.0 Å². The van der Waals surface area contributed by atoms with E-state index in [0.717, 1.165) is 30.4 Å². The normalized spacial score (nSPS) is 19.3. The molecule has 0 radical (unpaired) electrons. The first-order chi connectivity index (χ1) is 12.5. The number of ether oxygens (including phenoxy) is 1. The van der Waals surface area contributed by atoms with Gasteiger partial charge in [0.25, 0.3) is 0 Å². The van der Waals surface area contributed by atoms with Crippen LogP contribution in [0.1, 0.15) is 39.2 Å². The number of aryl methyl sites for hydroxylation is 1. The van der Waals surface area contributed by atoms with Crippen molar-refractivity contribution in [2.45, 2.75) is 52.7 Å². The lowest BCUT2D eigenvalue weighted by Gasteiger charge is -2.35. The number of nitrogens with zero attached hydrogens (tertiary/aromatic N) is 2. The minimum atomic E-state index is 0. The smallest absolute Gasteiger partial charge is 0.191 e. The molecule has 1 fully saturated rings. The second-order valence-corrected chi connectivity index (χ2v) is 7.62. The fraction of sp³-hybridized carbons (Fsp3) is 0.667. The molecule has 1 aliphatic heterocycles. The maximum atomic E-state index is 6.02. The first-order valence-corrected chi connectivity index (χ1v) is 9.90. The lowest BCUT2D eigenvalue weighted by molar-refractivity contribution is 0.141. The molecular weight excluding hydrogens is 451 g/mol. The highest BCUT2D eigenvalue weighted by Gasteiger charge is 2.21. The minimum Gasteiger partial charge on any atom is -0.489 e. The highest BCUT2D eigenvalue weighted by molar-refractivity contribution is 14.0. The average Bonchev–Trinajstić information content (AvgIpc) is 2.64. The number of piperidine rings is 1. The molecule has 0 bridgehead atoms. The maximum absolute atomic E-state index is 6.02. The van der Waals surface area contributed by atoms with Crippen molar-refractivity contribution in [2.75, 3.05) is 33.2 Å². The van der Waals surface area contributed by atoms with Gasteiger partial charge in [0.2, 0.25) is 0 Å². The van der Waals surface area contributed by atoms with Crippen LogP contribution in [0, 0.1) is 12.8 Å². The summed E-state index contributed by atoms with van der Waals surface area (Å²) in [5.41, 5.74) is 1.16.